The molecule has 2 unspecified atom stereocenters. The summed E-state index contributed by atoms with van der Waals surface area (Å²) < 4.78 is 0. The lowest BCUT2D eigenvalue weighted by Crippen LogP contribution is -2.28. The van der Waals surface area contributed by atoms with Crippen LogP contribution < -0.4 is 5.73 Å². The van der Waals surface area contributed by atoms with Gasteiger partial charge >= 0.3 is 0 Å². The molecule has 1 nitrogen and oxygen atoms in total. The largest absolute Gasteiger partial charge is 0.330 e. The Morgan fingerprint density at radius 1 is 1.29 bits per heavy atom. The summed E-state index contributed by atoms with van der Waals surface area (Å²) in [6.07, 6.45) is 6.79. The molecule has 1 aromatic rings. The molecule has 2 N–H and O–H groups in total. The fraction of sp³-hybridized carbons (Fsp3) is 0.667. The summed E-state index contributed by atoms with van der Waals surface area (Å²) in [4.78, 5) is 0. The van der Waals surface area contributed by atoms with Crippen molar-refractivity contribution in [3.63, 3.8) is 0 Å². The lowest BCUT2D eigenvalue weighted by atomic mass is 9.76. The average Bonchev–Trinajstić information content (AvgIpc) is 2.71. The summed E-state index contributed by atoms with van der Waals surface area (Å²) in [5.74, 6) is 1.63. The van der Waals surface area contributed by atoms with E-state index in [1.54, 1.807) is 11.3 Å². The Kier molecular flexibility index (Phi) is 3.60. The quantitative estimate of drug-likeness (QED) is 0.813. The highest BCUT2D eigenvalue weighted by atomic mass is 32.1. The van der Waals surface area contributed by atoms with E-state index in [1.807, 2.05) is 0 Å². The molecule has 0 amide bonds. The summed E-state index contributed by atoms with van der Waals surface area (Å²) in [5.41, 5.74) is 7.34. The maximum Gasteiger partial charge on any atom is -0.00461 e. The zero-order chi connectivity index (χ0) is 9.80. The van der Waals surface area contributed by atoms with Crippen LogP contribution in [-0.2, 0) is 6.42 Å². The van der Waals surface area contributed by atoms with Gasteiger partial charge in [0.05, 0.1) is 0 Å². The van der Waals surface area contributed by atoms with Crippen molar-refractivity contribution in [2.45, 2.75) is 32.1 Å². The van der Waals surface area contributed by atoms with Crippen LogP contribution in [0.4, 0.5) is 0 Å². The van der Waals surface area contributed by atoms with E-state index in [0.717, 1.165) is 18.4 Å². The van der Waals surface area contributed by atoms with Gasteiger partial charge in [0, 0.05) is 0 Å². The minimum absolute atomic E-state index is 0.781. The molecule has 1 saturated carbocycles. The van der Waals surface area contributed by atoms with Crippen molar-refractivity contribution in [1.82, 2.24) is 0 Å². The van der Waals surface area contributed by atoms with Gasteiger partial charge in [0.1, 0.15) is 0 Å². The van der Waals surface area contributed by atoms with Crippen LogP contribution >= 0.6 is 11.3 Å². The average molecular weight is 209 g/mol. The van der Waals surface area contributed by atoms with Gasteiger partial charge in [-0.3, -0.25) is 0 Å². The topological polar surface area (TPSA) is 26.0 Å². The molecule has 0 spiro atoms. The van der Waals surface area contributed by atoms with Crippen LogP contribution in [0.1, 0.15) is 31.2 Å². The van der Waals surface area contributed by atoms with E-state index >= 15 is 0 Å². The van der Waals surface area contributed by atoms with Crippen LogP contribution in [0.5, 0.6) is 0 Å². The third-order valence-corrected chi connectivity index (χ3v) is 4.18. The highest BCUT2D eigenvalue weighted by Gasteiger charge is 2.23. The minimum Gasteiger partial charge on any atom is -0.330 e. The molecular formula is C12H19NS. The lowest BCUT2D eigenvalue weighted by molar-refractivity contribution is 0.242. The number of rotatable bonds is 3. The molecule has 0 radical (unpaired) electrons. The summed E-state index contributed by atoms with van der Waals surface area (Å²) in [6, 6.07) is 2.26. The Bertz CT molecular complexity index is 255. The van der Waals surface area contributed by atoms with Gasteiger partial charge in [-0.15, -0.1) is 0 Å². The van der Waals surface area contributed by atoms with Crippen LogP contribution in [0.3, 0.4) is 0 Å². The highest BCUT2D eigenvalue weighted by molar-refractivity contribution is 7.07. The summed E-state index contributed by atoms with van der Waals surface area (Å²) >= 11 is 1.81. The Labute approximate surface area is 90.3 Å². The van der Waals surface area contributed by atoms with Crippen molar-refractivity contribution >= 4 is 11.3 Å². The molecule has 1 heterocycles. The standard InChI is InChI=1S/C12H19NS/c13-8-12-4-2-1-3-11(12)7-10-5-6-14-9-10/h5-6,9,11-12H,1-4,7-8,13H2. The second-order valence-corrected chi connectivity index (χ2v) is 5.16. The van der Waals surface area contributed by atoms with E-state index in [2.05, 4.69) is 16.8 Å². The Hall–Kier alpha value is -0.340. The van der Waals surface area contributed by atoms with E-state index < -0.39 is 0 Å². The van der Waals surface area contributed by atoms with E-state index in [-0.39, 0.29) is 0 Å². The number of hydrogen-bond donors (Lipinski definition) is 1. The predicted molar refractivity (Wildman–Crippen MR) is 62.5 cm³/mol. The minimum atomic E-state index is 0.781. The fourth-order valence-electron chi connectivity index (χ4n) is 2.58. The lowest BCUT2D eigenvalue weighted by Gasteiger charge is -2.30. The smallest absolute Gasteiger partial charge is 0.00461 e. The van der Waals surface area contributed by atoms with Gasteiger partial charge in [-0.2, -0.15) is 11.3 Å². The van der Waals surface area contributed by atoms with Gasteiger partial charge in [0.25, 0.3) is 0 Å². The molecular weight excluding hydrogens is 190 g/mol. The molecule has 0 saturated heterocycles. The van der Waals surface area contributed by atoms with Crippen LogP contribution in [0.25, 0.3) is 0 Å². The summed E-state index contributed by atoms with van der Waals surface area (Å²) in [5, 5.41) is 4.46. The molecule has 1 aliphatic rings. The van der Waals surface area contributed by atoms with E-state index in [0.29, 0.717) is 0 Å². The van der Waals surface area contributed by atoms with E-state index in [1.165, 1.54) is 37.7 Å². The SMILES string of the molecule is NCC1CCCCC1Cc1ccsc1. The summed E-state index contributed by atoms with van der Waals surface area (Å²) in [6.45, 7) is 0.884. The van der Waals surface area contributed by atoms with Crippen molar-refractivity contribution in [1.29, 1.82) is 0 Å². The summed E-state index contributed by atoms with van der Waals surface area (Å²) in [7, 11) is 0. The first-order valence-corrected chi connectivity index (χ1v) is 6.55. The van der Waals surface area contributed by atoms with Crippen molar-refractivity contribution < 1.29 is 0 Å². The zero-order valence-corrected chi connectivity index (χ0v) is 9.43. The number of nitrogens with two attached hydrogens (primary N) is 1. The first kappa shape index (κ1) is 10.2. The fourth-order valence-corrected chi connectivity index (χ4v) is 3.26. The van der Waals surface area contributed by atoms with Crippen molar-refractivity contribution in [2.75, 3.05) is 6.54 Å². The Morgan fingerprint density at radius 3 is 2.71 bits per heavy atom. The molecule has 14 heavy (non-hydrogen) atoms. The predicted octanol–water partition coefficient (Wildman–Crippen LogP) is 3.06. The molecule has 2 atom stereocenters. The van der Waals surface area contributed by atoms with E-state index in [9.17, 15) is 0 Å². The molecule has 1 aliphatic carbocycles. The molecule has 2 heteroatoms. The molecule has 0 bridgehead atoms. The molecule has 0 aliphatic heterocycles. The van der Waals surface area contributed by atoms with Gasteiger partial charge in [-0.1, -0.05) is 12.8 Å². The van der Waals surface area contributed by atoms with Crippen LogP contribution in [0.2, 0.25) is 0 Å². The molecule has 2 rings (SSSR count). The molecule has 1 aromatic heterocycles. The van der Waals surface area contributed by atoms with Crippen molar-refractivity contribution in [2.24, 2.45) is 17.6 Å². The molecule has 78 valence electrons. The van der Waals surface area contributed by atoms with Crippen LogP contribution in [0.15, 0.2) is 16.8 Å². The van der Waals surface area contributed by atoms with Crippen LogP contribution in [0, 0.1) is 11.8 Å². The third-order valence-electron chi connectivity index (χ3n) is 3.45. The van der Waals surface area contributed by atoms with Gasteiger partial charge in [0.2, 0.25) is 0 Å². The normalized spacial score (nSPS) is 27.8. The van der Waals surface area contributed by atoms with Crippen LogP contribution in [-0.4, -0.2) is 6.54 Å². The van der Waals surface area contributed by atoms with Crippen molar-refractivity contribution in [3.05, 3.63) is 22.4 Å². The van der Waals surface area contributed by atoms with Crippen molar-refractivity contribution in [3.8, 4) is 0 Å². The van der Waals surface area contributed by atoms with E-state index in [4.69, 9.17) is 5.73 Å². The monoisotopic (exact) mass is 209 g/mol. The number of hydrogen-bond acceptors (Lipinski definition) is 2. The van der Waals surface area contributed by atoms with Gasteiger partial charge < -0.3 is 5.73 Å². The first-order valence-electron chi connectivity index (χ1n) is 5.61. The molecule has 0 aromatic carbocycles. The Balaban J connectivity index is 1.94. The van der Waals surface area contributed by atoms with Gasteiger partial charge in [0.15, 0.2) is 0 Å². The third kappa shape index (κ3) is 2.37. The molecule has 1 fully saturated rings. The number of thiophene rings is 1. The van der Waals surface area contributed by atoms with Gasteiger partial charge in [-0.05, 0) is 60.0 Å². The highest BCUT2D eigenvalue weighted by Crippen LogP contribution is 2.32. The van der Waals surface area contributed by atoms with Gasteiger partial charge in [-0.25, -0.2) is 0 Å². The Morgan fingerprint density at radius 2 is 2.07 bits per heavy atom. The zero-order valence-electron chi connectivity index (χ0n) is 8.61. The second-order valence-electron chi connectivity index (χ2n) is 4.38. The first-order chi connectivity index (χ1) is 6.90. The maximum absolute atomic E-state index is 5.83. The second kappa shape index (κ2) is 4.94. The maximum atomic E-state index is 5.83.